The maximum atomic E-state index is 5.95. The van der Waals surface area contributed by atoms with E-state index in [2.05, 4.69) is 68.6 Å². The van der Waals surface area contributed by atoms with Gasteiger partial charge in [0.2, 0.25) is 0 Å². The summed E-state index contributed by atoms with van der Waals surface area (Å²) >= 11 is 0. The minimum absolute atomic E-state index is 0.222. The summed E-state index contributed by atoms with van der Waals surface area (Å²) in [6.07, 6.45) is 3.51. The van der Waals surface area contributed by atoms with E-state index in [-0.39, 0.29) is 5.54 Å². The molecule has 0 saturated carbocycles. The van der Waals surface area contributed by atoms with Gasteiger partial charge >= 0.3 is 0 Å². The van der Waals surface area contributed by atoms with E-state index in [0.29, 0.717) is 0 Å². The van der Waals surface area contributed by atoms with Crippen LogP contribution < -0.4 is 10.1 Å². The Bertz CT molecular complexity index is 551. The fourth-order valence-corrected chi connectivity index (χ4v) is 2.37. The molecule has 0 aliphatic rings. The molecule has 2 heteroatoms. The van der Waals surface area contributed by atoms with Gasteiger partial charge < -0.3 is 10.1 Å². The van der Waals surface area contributed by atoms with Crippen LogP contribution in [0.25, 0.3) is 10.8 Å². The third-order valence-corrected chi connectivity index (χ3v) is 3.48. The molecule has 0 unspecified atom stereocenters. The number of hydrogen-bond donors (Lipinski definition) is 1. The van der Waals surface area contributed by atoms with Crippen LogP contribution in [-0.4, -0.2) is 18.7 Å². The molecule has 0 radical (unpaired) electrons. The van der Waals surface area contributed by atoms with Crippen LogP contribution in [0.3, 0.4) is 0 Å². The molecule has 114 valence electrons. The molecule has 0 aliphatic carbocycles. The molecule has 0 aliphatic heterocycles. The van der Waals surface area contributed by atoms with Crippen LogP contribution in [0.2, 0.25) is 0 Å². The van der Waals surface area contributed by atoms with Gasteiger partial charge in [-0.2, -0.15) is 0 Å². The third kappa shape index (κ3) is 5.39. The van der Waals surface area contributed by atoms with Crippen LogP contribution in [0.5, 0.6) is 5.75 Å². The number of fused-ring (bicyclic) bond motifs is 1. The van der Waals surface area contributed by atoms with E-state index in [1.165, 1.54) is 23.6 Å². The first-order chi connectivity index (χ1) is 10.1. The Balaban J connectivity index is 1.71. The summed E-state index contributed by atoms with van der Waals surface area (Å²) in [6.45, 7) is 8.49. The van der Waals surface area contributed by atoms with Crippen molar-refractivity contribution in [1.82, 2.24) is 5.32 Å². The fourth-order valence-electron chi connectivity index (χ4n) is 2.37. The van der Waals surface area contributed by atoms with Crippen LogP contribution in [0.1, 0.15) is 40.0 Å². The molecule has 2 rings (SSSR count). The van der Waals surface area contributed by atoms with Gasteiger partial charge in [-0.05, 0) is 58.0 Å². The Labute approximate surface area is 128 Å². The highest BCUT2D eigenvalue weighted by Crippen LogP contribution is 2.25. The maximum absolute atomic E-state index is 5.95. The Kier molecular flexibility index (Phi) is 5.63. The van der Waals surface area contributed by atoms with Crippen LogP contribution in [-0.2, 0) is 0 Å². The molecular formula is C19H27NO. The van der Waals surface area contributed by atoms with E-state index < -0.39 is 0 Å². The van der Waals surface area contributed by atoms with E-state index >= 15 is 0 Å². The summed E-state index contributed by atoms with van der Waals surface area (Å²) in [6, 6.07) is 14.6. The summed E-state index contributed by atoms with van der Waals surface area (Å²) in [4.78, 5) is 0. The van der Waals surface area contributed by atoms with E-state index in [1.807, 2.05) is 0 Å². The second-order valence-electron chi connectivity index (χ2n) is 6.56. The smallest absolute Gasteiger partial charge is 0.127 e. The molecule has 2 aromatic carbocycles. The van der Waals surface area contributed by atoms with Gasteiger partial charge in [0, 0.05) is 10.9 Å². The lowest BCUT2D eigenvalue weighted by molar-refractivity contribution is 0.306. The highest BCUT2D eigenvalue weighted by atomic mass is 16.5. The maximum Gasteiger partial charge on any atom is 0.127 e. The largest absolute Gasteiger partial charge is 0.493 e. The lowest BCUT2D eigenvalue weighted by atomic mass is 10.1. The van der Waals surface area contributed by atoms with Gasteiger partial charge in [-0.25, -0.2) is 0 Å². The number of rotatable bonds is 7. The third-order valence-electron chi connectivity index (χ3n) is 3.48. The second-order valence-corrected chi connectivity index (χ2v) is 6.56. The number of unbranched alkanes of at least 4 members (excludes halogenated alkanes) is 2. The Morgan fingerprint density at radius 3 is 2.48 bits per heavy atom. The highest BCUT2D eigenvalue weighted by Gasteiger charge is 2.07. The van der Waals surface area contributed by atoms with Gasteiger partial charge in [0.05, 0.1) is 6.61 Å². The number of hydrogen-bond acceptors (Lipinski definition) is 2. The molecule has 2 nitrogen and oxygen atoms in total. The van der Waals surface area contributed by atoms with E-state index in [1.54, 1.807) is 0 Å². The molecule has 0 bridgehead atoms. The molecule has 1 N–H and O–H groups in total. The quantitative estimate of drug-likeness (QED) is 0.739. The molecule has 0 atom stereocenters. The monoisotopic (exact) mass is 285 g/mol. The summed E-state index contributed by atoms with van der Waals surface area (Å²) < 4.78 is 5.95. The van der Waals surface area contributed by atoms with Gasteiger partial charge in [-0.1, -0.05) is 36.4 Å². The van der Waals surface area contributed by atoms with Crippen LogP contribution in [0.15, 0.2) is 42.5 Å². The predicted molar refractivity (Wildman–Crippen MR) is 91.0 cm³/mol. The van der Waals surface area contributed by atoms with Crippen LogP contribution >= 0.6 is 0 Å². The first-order valence-corrected chi connectivity index (χ1v) is 7.92. The summed E-state index contributed by atoms with van der Waals surface area (Å²) in [5.41, 5.74) is 0.222. The topological polar surface area (TPSA) is 21.3 Å². The molecule has 21 heavy (non-hydrogen) atoms. The van der Waals surface area contributed by atoms with Crippen molar-refractivity contribution in [2.24, 2.45) is 0 Å². The number of ether oxygens (including phenoxy) is 1. The van der Waals surface area contributed by atoms with Gasteiger partial charge in [0.25, 0.3) is 0 Å². The predicted octanol–water partition coefficient (Wildman–Crippen LogP) is 4.78. The van der Waals surface area contributed by atoms with Crippen molar-refractivity contribution in [1.29, 1.82) is 0 Å². The lowest BCUT2D eigenvalue weighted by Crippen LogP contribution is -2.36. The van der Waals surface area contributed by atoms with Crippen molar-refractivity contribution in [3.63, 3.8) is 0 Å². The van der Waals surface area contributed by atoms with Crippen molar-refractivity contribution in [3.05, 3.63) is 42.5 Å². The van der Waals surface area contributed by atoms with Gasteiger partial charge in [-0.3, -0.25) is 0 Å². The van der Waals surface area contributed by atoms with Crippen molar-refractivity contribution in [3.8, 4) is 5.75 Å². The molecule has 2 aromatic rings. The lowest BCUT2D eigenvalue weighted by Gasteiger charge is -2.20. The summed E-state index contributed by atoms with van der Waals surface area (Å²) in [5, 5.41) is 5.96. The van der Waals surface area contributed by atoms with E-state index in [4.69, 9.17) is 4.74 Å². The Morgan fingerprint density at radius 2 is 1.67 bits per heavy atom. The minimum atomic E-state index is 0.222. The zero-order chi connectivity index (χ0) is 15.1. The molecule has 0 fully saturated rings. The number of nitrogens with one attached hydrogen (secondary N) is 1. The van der Waals surface area contributed by atoms with Gasteiger partial charge in [-0.15, -0.1) is 0 Å². The SMILES string of the molecule is CC(C)(C)NCCCCCOc1cccc2ccccc12. The molecule has 0 saturated heterocycles. The van der Waals surface area contributed by atoms with Gasteiger partial charge in [0.15, 0.2) is 0 Å². The summed E-state index contributed by atoms with van der Waals surface area (Å²) in [7, 11) is 0. The minimum Gasteiger partial charge on any atom is -0.493 e. The highest BCUT2D eigenvalue weighted by molar-refractivity contribution is 5.88. The molecule has 0 aromatic heterocycles. The first-order valence-electron chi connectivity index (χ1n) is 7.92. The van der Waals surface area contributed by atoms with E-state index in [9.17, 15) is 0 Å². The fraction of sp³-hybridized carbons (Fsp3) is 0.474. The molecule has 0 heterocycles. The Morgan fingerprint density at radius 1 is 0.905 bits per heavy atom. The zero-order valence-corrected chi connectivity index (χ0v) is 13.5. The molecule has 0 spiro atoms. The average molecular weight is 285 g/mol. The first kappa shape index (κ1) is 15.8. The van der Waals surface area contributed by atoms with Crippen molar-refractivity contribution < 1.29 is 4.74 Å². The summed E-state index contributed by atoms with van der Waals surface area (Å²) in [5.74, 6) is 1.00. The van der Waals surface area contributed by atoms with E-state index in [0.717, 1.165) is 25.3 Å². The van der Waals surface area contributed by atoms with Crippen molar-refractivity contribution in [2.45, 2.75) is 45.6 Å². The second kappa shape index (κ2) is 7.46. The normalized spacial score (nSPS) is 11.8. The zero-order valence-electron chi connectivity index (χ0n) is 13.5. The van der Waals surface area contributed by atoms with Crippen LogP contribution in [0.4, 0.5) is 0 Å². The van der Waals surface area contributed by atoms with Crippen LogP contribution in [0, 0.1) is 0 Å². The Hall–Kier alpha value is -1.54. The van der Waals surface area contributed by atoms with Crippen molar-refractivity contribution in [2.75, 3.05) is 13.2 Å². The molecule has 0 amide bonds. The number of benzene rings is 2. The standard InChI is InChI=1S/C19H27NO/c1-19(2,3)20-14-7-4-8-15-21-18-13-9-11-16-10-5-6-12-17(16)18/h5-6,9-13,20H,4,7-8,14-15H2,1-3H3. The average Bonchev–Trinajstić information content (AvgIpc) is 2.45. The van der Waals surface area contributed by atoms with Gasteiger partial charge in [0.1, 0.15) is 5.75 Å². The van der Waals surface area contributed by atoms with Crippen molar-refractivity contribution >= 4 is 10.8 Å². The molecular weight excluding hydrogens is 258 g/mol.